The number of hydrogen-bond acceptors (Lipinski definition) is 7. The molecule has 29 heavy (non-hydrogen) atoms. The number of amides is 1. The molecule has 1 aromatic heterocycles. The Morgan fingerprint density at radius 2 is 1.93 bits per heavy atom. The van der Waals surface area contributed by atoms with Crippen molar-refractivity contribution in [1.29, 1.82) is 0 Å². The molecule has 2 aliphatic rings. The molecule has 0 aliphatic carbocycles. The van der Waals surface area contributed by atoms with Crippen LogP contribution in [0.4, 0.5) is 0 Å². The number of thioether (sulfide) groups is 1. The Hall–Kier alpha value is -1.91. The minimum atomic E-state index is -3.13. The van der Waals surface area contributed by atoms with Crippen LogP contribution in [0, 0.1) is 0 Å². The second kappa shape index (κ2) is 8.85. The molecule has 10 heteroatoms. The molecule has 4 rings (SSSR count). The summed E-state index contributed by atoms with van der Waals surface area (Å²) in [6, 6.07) is 6.90. The molecule has 2 N–H and O–H groups in total. The van der Waals surface area contributed by atoms with E-state index < -0.39 is 9.84 Å². The van der Waals surface area contributed by atoms with Crippen molar-refractivity contribution < 1.29 is 13.2 Å². The first-order valence-electron chi connectivity index (χ1n) is 9.83. The van der Waals surface area contributed by atoms with Gasteiger partial charge in [-0.05, 0) is 43.6 Å². The summed E-state index contributed by atoms with van der Waals surface area (Å²) in [4.78, 5) is 19.1. The Bertz CT molecular complexity index is 925. The highest BCUT2D eigenvalue weighted by molar-refractivity contribution is 7.98. The standard InChI is InChI=1S/C19H25N5O3S2/c25-18(15-6-4-14(5-7-15)10-28-19-20-13-21-23-19)22-16-11-29(26,27)12-17(16)24-8-2-1-3-9-24/h4-7,13,16-17H,1-3,8-12H2,(H,22,25)(H,20,21,23). The molecule has 0 saturated carbocycles. The normalized spacial score (nSPS) is 24.4. The van der Waals surface area contributed by atoms with Crippen LogP contribution in [0.1, 0.15) is 35.2 Å². The smallest absolute Gasteiger partial charge is 0.251 e. The van der Waals surface area contributed by atoms with E-state index in [2.05, 4.69) is 25.4 Å². The van der Waals surface area contributed by atoms with E-state index in [4.69, 9.17) is 0 Å². The highest BCUT2D eigenvalue weighted by Crippen LogP contribution is 2.23. The molecule has 2 aliphatic heterocycles. The van der Waals surface area contributed by atoms with Crippen LogP contribution >= 0.6 is 11.8 Å². The zero-order valence-electron chi connectivity index (χ0n) is 16.1. The summed E-state index contributed by atoms with van der Waals surface area (Å²) in [5, 5.41) is 10.3. The third kappa shape index (κ3) is 5.18. The zero-order chi connectivity index (χ0) is 20.3. The number of piperidine rings is 1. The maximum Gasteiger partial charge on any atom is 0.251 e. The second-order valence-electron chi connectivity index (χ2n) is 7.60. The van der Waals surface area contributed by atoms with Gasteiger partial charge in [0.1, 0.15) is 6.33 Å². The van der Waals surface area contributed by atoms with Gasteiger partial charge < -0.3 is 5.32 Å². The molecule has 3 heterocycles. The lowest BCUT2D eigenvalue weighted by atomic mass is 10.0. The first-order chi connectivity index (χ1) is 14.0. The fraction of sp³-hybridized carbons (Fsp3) is 0.526. The SMILES string of the molecule is O=C(NC1CS(=O)(=O)CC1N1CCCCC1)c1ccc(CSc2ncn[nH]2)cc1. The van der Waals surface area contributed by atoms with Crippen LogP contribution in [0.3, 0.4) is 0 Å². The van der Waals surface area contributed by atoms with Crippen molar-refractivity contribution in [2.45, 2.75) is 42.3 Å². The van der Waals surface area contributed by atoms with Crippen molar-refractivity contribution in [3.8, 4) is 0 Å². The lowest BCUT2D eigenvalue weighted by Crippen LogP contribution is -2.52. The predicted molar refractivity (Wildman–Crippen MR) is 112 cm³/mol. The van der Waals surface area contributed by atoms with Gasteiger partial charge in [0.2, 0.25) is 0 Å². The Labute approximate surface area is 174 Å². The molecule has 2 saturated heterocycles. The number of benzene rings is 1. The fourth-order valence-electron chi connectivity index (χ4n) is 4.00. The number of likely N-dealkylation sites (tertiary alicyclic amines) is 1. The van der Waals surface area contributed by atoms with Crippen LogP contribution in [0.15, 0.2) is 35.7 Å². The zero-order valence-corrected chi connectivity index (χ0v) is 17.7. The predicted octanol–water partition coefficient (Wildman–Crippen LogP) is 1.48. The van der Waals surface area contributed by atoms with Crippen molar-refractivity contribution in [2.75, 3.05) is 24.6 Å². The number of H-pyrrole nitrogens is 1. The Morgan fingerprint density at radius 1 is 1.17 bits per heavy atom. The molecule has 2 fully saturated rings. The van der Waals surface area contributed by atoms with Crippen LogP contribution in [-0.2, 0) is 15.6 Å². The average molecular weight is 436 g/mol. The summed E-state index contributed by atoms with van der Waals surface area (Å²) >= 11 is 1.53. The van der Waals surface area contributed by atoms with Gasteiger partial charge in [0.05, 0.1) is 17.5 Å². The van der Waals surface area contributed by atoms with E-state index >= 15 is 0 Å². The maximum atomic E-state index is 12.7. The number of aromatic nitrogens is 3. The minimum Gasteiger partial charge on any atom is -0.347 e. The summed E-state index contributed by atoms with van der Waals surface area (Å²) in [5.41, 5.74) is 1.61. The lowest BCUT2D eigenvalue weighted by molar-refractivity contribution is 0.0900. The molecule has 2 atom stereocenters. The number of carbonyl (C=O) groups is 1. The van der Waals surface area contributed by atoms with Crippen LogP contribution in [0.5, 0.6) is 0 Å². The van der Waals surface area contributed by atoms with E-state index in [0.29, 0.717) is 5.56 Å². The van der Waals surface area contributed by atoms with Crippen LogP contribution in [-0.4, -0.2) is 71.1 Å². The summed E-state index contributed by atoms with van der Waals surface area (Å²) in [7, 11) is -3.13. The monoisotopic (exact) mass is 435 g/mol. The van der Waals surface area contributed by atoms with E-state index in [0.717, 1.165) is 42.4 Å². The summed E-state index contributed by atoms with van der Waals surface area (Å²) in [6.07, 6.45) is 4.83. The molecule has 8 nitrogen and oxygen atoms in total. The van der Waals surface area contributed by atoms with Crippen LogP contribution in [0.2, 0.25) is 0 Å². The van der Waals surface area contributed by atoms with Crippen LogP contribution < -0.4 is 5.32 Å². The van der Waals surface area contributed by atoms with Crippen molar-refractivity contribution >= 4 is 27.5 Å². The minimum absolute atomic E-state index is 0.0197. The fourth-order valence-corrected chi connectivity index (χ4v) is 6.68. The number of carbonyl (C=O) groups excluding carboxylic acids is 1. The van der Waals surface area contributed by atoms with Gasteiger partial charge in [-0.25, -0.2) is 13.4 Å². The van der Waals surface area contributed by atoms with E-state index in [1.165, 1.54) is 24.5 Å². The number of sulfone groups is 1. The third-order valence-corrected chi connectivity index (χ3v) is 8.15. The van der Waals surface area contributed by atoms with Crippen molar-refractivity contribution in [2.24, 2.45) is 0 Å². The van der Waals surface area contributed by atoms with Crippen molar-refractivity contribution in [1.82, 2.24) is 25.4 Å². The molecule has 156 valence electrons. The van der Waals surface area contributed by atoms with E-state index in [-0.39, 0.29) is 29.5 Å². The number of aromatic amines is 1. The largest absolute Gasteiger partial charge is 0.347 e. The summed E-state index contributed by atoms with van der Waals surface area (Å²) in [5.74, 6) is 0.653. The van der Waals surface area contributed by atoms with Gasteiger partial charge in [0.25, 0.3) is 5.91 Å². The molecule has 2 unspecified atom stereocenters. The highest BCUT2D eigenvalue weighted by atomic mass is 32.2. The average Bonchev–Trinajstić information content (AvgIpc) is 3.34. The molecular weight excluding hydrogens is 410 g/mol. The number of nitrogens with one attached hydrogen (secondary N) is 2. The Morgan fingerprint density at radius 3 is 2.62 bits per heavy atom. The van der Waals surface area contributed by atoms with Gasteiger partial charge >= 0.3 is 0 Å². The topological polar surface area (TPSA) is 108 Å². The molecule has 1 amide bonds. The van der Waals surface area contributed by atoms with E-state index in [1.807, 2.05) is 12.1 Å². The molecule has 0 bridgehead atoms. The third-order valence-electron chi connectivity index (χ3n) is 5.48. The number of hydrogen-bond donors (Lipinski definition) is 2. The summed E-state index contributed by atoms with van der Waals surface area (Å²) < 4.78 is 24.5. The first kappa shape index (κ1) is 20.4. The van der Waals surface area contributed by atoms with Gasteiger partial charge in [-0.15, -0.1) is 0 Å². The van der Waals surface area contributed by atoms with E-state index in [9.17, 15) is 13.2 Å². The van der Waals surface area contributed by atoms with Gasteiger partial charge in [-0.2, -0.15) is 5.10 Å². The summed E-state index contributed by atoms with van der Waals surface area (Å²) in [6.45, 7) is 1.81. The Balaban J connectivity index is 1.38. The number of rotatable bonds is 6. The van der Waals surface area contributed by atoms with Crippen LogP contribution in [0.25, 0.3) is 0 Å². The lowest BCUT2D eigenvalue weighted by Gasteiger charge is -2.35. The van der Waals surface area contributed by atoms with Gasteiger partial charge in [-0.1, -0.05) is 30.3 Å². The van der Waals surface area contributed by atoms with E-state index in [1.54, 1.807) is 12.1 Å². The first-order valence-corrected chi connectivity index (χ1v) is 12.6. The highest BCUT2D eigenvalue weighted by Gasteiger charge is 2.41. The maximum absolute atomic E-state index is 12.7. The molecular formula is C19H25N5O3S2. The van der Waals surface area contributed by atoms with Gasteiger partial charge in [0.15, 0.2) is 15.0 Å². The number of nitrogens with zero attached hydrogens (tertiary/aromatic N) is 3. The molecule has 2 aromatic rings. The Kier molecular flexibility index (Phi) is 6.21. The quantitative estimate of drug-likeness (QED) is 0.662. The molecule has 0 spiro atoms. The molecule has 0 radical (unpaired) electrons. The second-order valence-corrected chi connectivity index (χ2v) is 10.7. The molecule has 1 aromatic carbocycles. The van der Waals surface area contributed by atoms with Gasteiger partial charge in [0, 0.05) is 17.4 Å². The van der Waals surface area contributed by atoms with Gasteiger partial charge in [-0.3, -0.25) is 14.8 Å². The van der Waals surface area contributed by atoms with Crippen molar-refractivity contribution in [3.63, 3.8) is 0 Å². The van der Waals surface area contributed by atoms with Crippen molar-refractivity contribution in [3.05, 3.63) is 41.7 Å².